The molecule has 8 heteroatoms. The van der Waals surface area contributed by atoms with Crippen molar-refractivity contribution in [1.82, 2.24) is 9.88 Å². The largest absolute Gasteiger partial charge is 0.353 e. The zero-order valence-electron chi connectivity index (χ0n) is 14.7. The van der Waals surface area contributed by atoms with Gasteiger partial charge in [-0.2, -0.15) is 0 Å². The number of nitrogens with zero attached hydrogens (tertiary/aromatic N) is 3. The maximum atomic E-state index is 14.0. The number of halogens is 2. The number of sulfone groups is 1. The molecular weight excluding hydrogens is 360 g/mol. The molecule has 1 aromatic carbocycles. The Kier molecular flexibility index (Phi) is 5.24. The SMILES string of the molecule is CC(c1ccc(F)cc1F)N1CCN(c2ncccc2S(C)(=O)=O)CC1. The van der Waals surface area contributed by atoms with E-state index in [1.54, 1.807) is 18.3 Å². The van der Waals surface area contributed by atoms with Gasteiger partial charge in [0.25, 0.3) is 0 Å². The number of rotatable bonds is 4. The fourth-order valence-electron chi connectivity index (χ4n) is 3.27. The van der Waals surface area contributed by atoms with Crippen molar-refractivity contribution < 1.29 is 17.2 Å². The van der Waals surface area contributed by atoms with Gasteiger partial charge in [0.05, 0.1) is 0 Å². The molecule has 0 radical (unpaired) electrons. The topological polar surface area (TPSA) is 53.5 Å². The highest BCUT2D eigenvalue weighted by Crippen LogP contribution is 2.27. The van der Waals surface area contributed by atoms with Crippen LogP contribution in [0.25, 0.3) is 0 Å². The summed E-state index contributed by atoms with van der Waals surface area (Å²) >= 11 is 0. The standard InChI is InChI=1S/C18H21F2N3O2S/c1-13(15-6-5-14(19)12-16(15)20)22-8-10-23(11-9-22)18-17(26(2,24)25)4-3-7-21-18/h3-7,12-13H,8-11H2,1-2H3. The number of anilines is 1. The second-order valence-corrected chi connectivity index (χ2v) is 8.45. The Labute approximate surface area is 152 Å². The minimum absolute atomic E-state index is 0.198. The van der Waals surface area contributed by atoms with Crippen LogP contribution in [0.15, 0.2) is 41.4 Å². The van der Waals surface area contributed by atoms with E-state index in [0.717, 1.165) is 6.07 Å². The van der Waals surface area contributed by atoms with E-state index < -0.39 is 21.5 Å². The van der Waals surface area contributed by atoms with Crippen molar-refractivity contribution in [3.63, 3.8) is 0 Å². The Morgan fingerprint density at radius 2 is 1.81 bits per heavy atom. The molecule has 0 N–H and O–H groups in total. The molecule has 0 amide bonds. The number of piperazine rings is 1. The molecule has 1 saturated heterocycles. The van der Waals surface area contributed by atoms with E-state index in [0.29, 0.717) is 37.6 Å². The van der Waals surface area contributed by atoms with E-state index in [1.165, 1.54) is 18.4 Å². The highest BCUT2D eigenvalue weighted by Gasteiger charge is 2.27. The minimum Gasteiger partial charge on any atom is -0.353 e. The Hall–Kier alpha value is -2.06. The highest BCUT2D eigenvalue weighted by molar-refractivity contribution is 7.90. The maximum absolute atomic E-state index is 14.0. The van der Waals surface area contributed by atoms with Crippen LogP contribution in [-0.2, 0) is 9.84 Å². The first kappa shape index (κ1) is 18.7. The summed E-state index contributed by atoms with van der Waals surface area (Å²) in [6, 6.07) is 6.60. The third kappa shape index (κ3) is 3.86. The van der Waals surface area contributed by atoms with Crippen molar-refractivity contribution >= 4 is 15.7 Å². The van der Waals surface area contributed by atoms with Crippen LogP contribution in [0.1, 0.15) is 18.5 Å². The number of pyridine rings is 1. The molecule has 0 saturated carbocycles. The average Bonchev–Trinajstić information content (AvgIpc) is 2.61. The van der Waals surface area contributed by atoms with Crippen LogP contribution in [-0.4, -0.2) is 50.7 Å². The van der Waals surface area contributed by atoms with Gasteiger partial charge < -0.3 is 4.90 Å². The van der Waals surface area contributed by atoms with Crippen molar-refractivity contribution in [2.24, 2.45) is 0 Å². The summed E-state index contributed by atoms with van der Waals surface area (Å²) in [5, 5.41) is 0. The lowest BCUT2D eigenvalue weighted by Crippen LogP contribution is -2.47. The first-order chi connectivity index (χ1) is 12.3. The highest BCUT2D eigenvalue weighted by atomic mass is 32.2. The average molecular weight is 381 g/mol. The lowest BCUT2D eigenvalue weighted by molar-refractivity contribution is 0.194. The Balaban J connectivity index is 1.74. The molecule has 3 rings (SSSR count). The predicted molar refractivity (Wildman–Crippen MR) is 95.9 cm³/mol. The molecule has 1 fully saturated rings. The molecule has 1 unspecified atom stereocenters. The van der Waals surface area contributed by atoms with E-state index in [9.17, 15) is 17.2 Å². The summed E-state index contributed by atoms with van der Waals surface area (Å²) in [5.41, 5.74) is 0.453. The first-order valence-electron chi connectivity index (χ1n) is 8.36. The summed E-state index contributed by atoms with van der Waals surface area (Å²) in [6.45, 7) is 4.28. The molecule has 5 nitrogen and oxygen atoms in total. The predicted octanol–water partition coefficient (Wildman–Crippen LogP) is 2.65. The van der Waals surface area contributed by atoms with Crippen molar-refractivity contribution in [3.8, 4) is 0 Å². The number of hydrogen-bond donors (Lipinski definition) is 0. The monoisotopic (exact) mass is 381 g/mol. The molecule has 1 aromatic heterocycles. The minimum atomic E-state index is -3.37. The van der Waals surface area contributed by atoms with Gasteiger partial charge in [0.1, 0.15) is 22.3 Å². The second kappa shape index (κ2) is 7.28. The molecule has 0 bridgehead atoms. The van der Waals surface area contributed by atoms with E-state index >= 15 is 0 Å². The quantitative estimate of drug-likeness (QED) is 0.815. The molecule has 0 spiro atoms. The Morgan fingerprint density at radius 1 is 1.12 bits per heavy atom. The van der Waals surface area contributed by atoms with Gasteiger partial charge in [-0.25, -0.2) is 22.2 Å². The summed E-state index contributed by atoms with van der Waals surface area (Å²) in [4.78, 5) is 8.49. The van der Waals surface area contributed by atoms with Crippen LogP contribution < -0.4 is 4.90 Å². The first-order valence-corrected chi connectivity index (χ1v) is 10.3. The summed E-state index contributed by atoms with van der Waals surface area (Å²) in [7, 11) is -3.37. The van der Waals surface area contributed by atoms with Gasteiger partial charge in [-0.1, -0.05) is 6.07 Å². The summed E-state index contributed by atoms with van der Waals surface area (Å²) in [6.07, 6.45) is 2.75. The molecule has 2 heterocycles. The lowest BCUT2D eigenvalue weighted by atomic mass is 10.1. The zero-order chi connectivity index (χ0) is 18.9. The normalized spacial score (nSPS) is 17.3. The van der Waals surface area contributed by atoms with Crippen LogP contribution in [0.4, 0.5) is 14.6 Å². The summed E-state index contributed by atoms with van der Waals surface area (Å²) < 4.78 is 51.1. The third-order valence-electron chi connectivity index (χ3n) is 4.72. The van der Waals surface area contributed by atoms with Crippen molar-refractivity contribution in [2.45, 2.75) is 17.9 Å². The van der Waals surface area contributed by atoms with Gasteiger partial charge in [0, 0.05) is 56.3 Å². The number of hydrogen-bond acceptors (Lipinski definition) is 5. The van der Waals surface area contributed by atoms with Gasteiger partial charge in [0.2, 0.25) is 0 Å². The number of aromatic nitrogens is 1. The molecule has 1 aliphatic heterocycles. The molecule has 26 heavy (non-hydrogen) atoms. The van der Waals surface area contributed by atoms with E-state index in [1.807, 2.05) is 11.8 Å². The van der Waals surface area contributed by atoms with Crippen LogP contribution in [0.2, 0.25) is 0 Å². The zero-order valence-corrected chi connectivity index (χ0v) is 15.5. The fraction of sp³-hybridized carbons (Fsp3) is 0.389. The Morgan fingerprint density at radius 3 is 2.42 bits per heavy atom. The Bertz CT molecular complexity index is 897. The lowest BCUT2D eigenvalue weighted by Gasteiger charge is -2.39. The van der Waals surface area contributed by atoms with Gasteiger partial charge in [0.15, 0.2) is 9.84 Å². The third-order valence-corrected chi connectivity index (χ3v) is 5.84. The summed E-state index contributed by atoms with van der Waals surface area (Å²) in [5.74, 6) is -0.689. The van der Waals surface area contributed by atoms with E-state index in [-0.39, 0.29) is 10.9 Å². The second-order valence-electron chi connectivity index (χ2n) is 6.46. The van der Waals surface area contributed by atoms with Gasteiger partial charge in [-0.05, 0) is 25.1 Å². The van der Waals surface area contributed by atoms with Crippen molar-refractivity contribution in [1.29, 1.82) is 0 Å². The number of benzene rings is 1. The smallest absolute Gasteiger partial charge is 0.179 e. The van der Waals surface area contributed by atoms with Crippen LogP contribution in [0.3, 0.4) is 0 Å². The fourth-order valence-corrected chi connectivity index (χ4v) is 4.11. The molecule has 1 aliphatic rings. The molecule has 0 aliphatic carbocycles. The van der Waals surface area contributed by atoms with Crippen LogP contribution in [0.5, 0.6) is 0 Å². The molecule has 140 valence electrons. The van der Waals surface area contributed by atoms with Crippen LogP contribution in [0, 0.1) is 11.6 Å². The van der Waals surface area contributed by atoms with Gasteiger partial charge >= 0.3 is 0 Å². The van der Waals surface area contributed by atoms with Gasteiger partial charge in [-0.3, -0.25) is 4.90 Å². The van der Waals surface area contributed by atoms with Crippen molar-refractivity contribution in [3.05, 3.63) is 53.7 Å². The van der Waals surface area contributed by atoms with Crippen LogP contribution >= 0.6 is 0 Å². The molecule has 2 aromatic rings. The van der Waals surface area contributed by atoms with Crippen molar-refractivity contribution in [2.75, 3.05) is 37.3 Å². The molecule has 1 atom stereocenters. The maximum Gasteiger partial charge on any atom is 0.179 e. The van der Waals surface area contributed by atoms with E-state index in [2.05, 4.69) is 9.88 Å². The van der Waals surface area contributed by atoms with Gasteiger partial charge in [-0.15, -0.1) is 0 Å². The van der Waals surface area contributed by atoms with E-state index in [4.69, 9.17) is 0 Å². The molecular formula is C18H21F2N3O2S.